The Morgan fingerprint density at radius 3 is 2.77 bits per heavy atom. The summed E-state index contributed by atoms with van der Waals surface area (Å²) in [6.07, 6.45) is 2.00. The molecule has 0 radical (unpaired) electrons. The summed E-state index contributed by atoms with van der Waals surface area (Å²) in [5, 5.41) is 3.83. The zero-order valence-corrected chi connectivity index (χ0v) is 13.0. The Bertz CT molecular complexity index is 654. The number of rotatable bonds is 4. The van der Waals surface area contributed by atoms with Crippen molar-refractivity contribution < 1.29 is 9.53 Å². The van der Waals surface area contributed by atoms with Crippen LogP contribution in [0.25, 0.3) is 0 Å². The van der Waals surface area contributed by atoms with Gasteiger partial charge in [-0.1, -0.05) is 41.9 Å². The van der Waals surface area contributed by atoms with Gasteiger partial charge in [-0.05, 0) is 30.2 Å². The molecule has 4 heteroatoms. The number of hydrogen-bond acceptors (Lipinski definition) is 2. The van der Waals surface area contributed by atoms with E-state index in [1.54, 1.807) is 0 Å². The van der Waals surface area contributed by atoms with Crippen LogP contribution in [0.3, 0.4) is 0 Å². The van der Waals surface area contributed by atoms with Gasteiger partial charge in [0.05, 0.1) is 12.6 Å². The molecule has 1 N–H and O–H groups in total. The monoisotopic (exact) mass is 315 g/mol. The van der Waals surface area contributed by atoms with Crippen LogP contribution < -0.4 is 10.1 Å². The Labute approximate surface area is 135 Å². The maximum Gasteiger partial charge on any atom is 0.220 e. The number of hydrogen-bond donors (Lipinski definition) is 1. The van der Waals surface area contributed by atoms with Crippen LogP contribution in [0.2, 0.25) is 5.02 Å². The van der Waals surface area contributed by atoms with Crippen molar-refractivity contribution in [1.29, 1.82) is 0 Å². The lowest BCUT2D eigenvalue weighted by molar-refractivity contribution is -0.122. The van der Waals surface area contributed by atoms with Gasteiger partial charge < -0.3 is 10.1 Å². The number of carbonyl (C=O) groups is 1. The fourth-order valence-corrected chi connectivity index (χ4v) is 2.79. The van der Waals surface area contributed by atoms with Crippen LogP contribution in [-0.2, 0) is 11.2 Å². The van der Waals surface area contributed by atoms with Crippen LogP contribution in [-0.4, -0.2) is 12.5 Å². The van der Waals surface area contributed by atoms with E-state index in [-0.39, 0.29) is 11.9 Å². The van der Waals surface area contributed by atoms with E-state index in [4.69, 9.17) is 16.3 Å². The molecule has 0 aliphatic carbocycles. The summed E-state index contributed by atoms with van der Waals surface area (Å²) in [5.74, 6) is 0.938. The first-order valence-electron chi connectivity index (χ1n) is 7.48. The third kappa shape index (κ3) is 3.60. The second-order valence-electron chi connectivity index (χ2n) is 5.42. The molecule has 0 saturated carbocycles. The smallest absolute Gasteiger partial charge is 0.220 e. The number of halogens is 1. The molecule has 1 aliphatic rings. The molecule has 0 saturated heterocycles. The number of benzene rings is 2. The molecule has 0 fully saturated rings. The van der Waals surface area contributed by atoms with E-state index in [0.29, 0.717) is 24.5 Å². The Kier molecular flexibility index (Phi) is 4.64. The standard InChI is InChI=1S/C18H18ClNO2/c19-14-8-5-13(6-9-14)7-10-18(21)20-16-11-12-22-17-4-2-1-3-15(16)17/h1-6,8-9,16H,7,10-12H2,(H,20,21). The highest BCUT2D eigenvalue weighted by molar-refractivity contribution is 6.30. The van der Waals surface area contributed by atoms with Gasteiger partial charge in [0.15, 0.2) is 0 Å². The molecule has 3 nitrogen and oxygen atoms in total. The lowest BCUT2D eigenvalue weighted by atomic mass is 10.00. The first-order chi connectivity index (χ1) is 10.7. The summed E-state index contributed by atoms with van der Waals surface area (Å²) in [4.78, 5) is 12.2. The lowest BCUT2D eigenvalue weighted by Gasteiger charge is -2.26. The highest BCUT2D eigenvalue weighted by atomic mass is 35.5. The van der Waals surface area contributed by atoms with Crippen molar-refractivity contribution in [3.63, 3.8) is 0 Å². The topological polar surface area (TPSA) is 38.3 Å². The van der Waals surface area contributed by atoms with E-state index < -0.39 is 0 Å². The number of ether oxygens (including phenoxy) is 1. The molecule has 3 rings (SSSR count). The molecular formula is C18H18ClNO2. The third-order valence-electron chi connectivity index (χ3n) is 3.85. The van der Waals surface area contributed by atoms with Gasteiger partial charge in [-0.15, -0.1) is 0 Å². The Morgan fingerprint density at radius 2 is 1.95 bits per heavy atom. The van der Waals surface area contributed by atoms with Crippen molar-refractivity contribution >= 4 is 17.5 Å². The molecule has 22 heavy (non-hydrogen) atoms. The summed E-state index contributed by atoms with van der Waals surface area (Å²) >= 11 is 5.86. The fraction of sp³-hybridized carbons (Fsp3) is 0.278. The molecule has 1 aliphatic heterocycles. The molecule has 0 spiro atoms. The average molecular weight is 316 g/mol. The minimum atomic E-state index is 0.0441. The van der Waals surface area contributed by atoms with Gasteiger partial charge in [0.1, 0.15) is 5.75 Å². The Balaban J connectivity index is 1.57. The summed E-state index contributed by atoms with van der Waals surface area (Å²) in [6, 6.07) is 15.5. The summed E-state index contributed by atoms with van der Waals surface area (Å²) in [6.45, 7) is 0.638. The van der Waals surface area contributed by atoms with Gasteiger partial charge in [0.25, 0.3) is 0 Å². The normalized spacial score (nSPS) is 16.5. The minimum absolute atomic E-state index is 0.0441. The maximum absolute atomic E-state index is 12.2. The van der Waals surface area contributed by atoms with Crippen LogP contribution in [0.1, 0.15) is 30.0 Å². The molecule has 1 atom stereocenters. The van der Waals surface area contributed by atoms with Crippen LogP contribution in [0.4, 0.5) is 0 Å². The fourth-order valence-electron chi connectivity index (χ4n) is 2.67. The number of fused-ring (bicyclic) bond motifs is 1. The largest absolute Gasteiger partial charge is 0.493 e. The Hall–Kier alpha value is -2.00. The number of nitrogens with one attached hydrogen (secondary N) is 1. The van der Waals surface area contributed by atoms with E-state index in [1.807, 2.05) is 48.5 Å². The molecule has 1 unspecified atom stereocenters. The second kappa shape index (κ2) is 6.84. The van der Waals surface area contributed by atoms with Crippen LogP contribution in [0.15, 0.2) is 48.5 Å². The Morgan fingerprint density at radius 1 is 1.18 bits per heavy atom. The predicted octanol–water partition coefficient (Wildman–Crippen LogP) is 3.91. The van der Waals surface area contributed by atoms with Crippen LogP contribution >= 0.6 is 11.6 Å². The number of amides is 1. The van der Waals surface area contributed by atoms with Crippen molar-refractivity contribution in [2.45, 2.75) is 25.3 Å². The number of aryl methyl sites for hydroxylation is 1. The van der Waals surface area contributed by atoms with Gasteiger partial charge in [0, 0.05) is 23.4 Å². The molecule has 114 valence electrons. The molecule has 1 amide bonds. The summed E-state index contributed by atoms with van der Waals surface area (Å²) in [7, 11) is 0. The quantitative estimate of drug-likeness (QED) is 0.929. The molecule has 0 bridgehead atoms. The lowest BCUT2D eigenvalue weighted by Crippen LogP contribution is -2.32. The average Bonchev–Trinajstić information content (AvgIpc) is 2.55. The van der Waals surface area contributed by atoms with E-state index in [1.165, 1.54) is 0 Å². The zero-order valence-electron chi connectivity index (χ0n) is 12.2. The van der Waals surface area contributed by atoms with E-state index >= 15 is 0 Å². The predicted molar refractivity (Wildman–Crippen MR) is 87.2 cm³/mol. The molecule has 2 aromatic rings. The van der Waals surface area contributed by atoms with Crippen molar-refractivity contribution in [2.24, 2.45) is 0 Å². The van der Waals surface area contributed by atoms with Gasteiger partial charge >= 0.3 is 0 Å². The van der Waals surface area contributed by atoms with Crippen LogP contribution in [0, 0.1) is 0 Å². The zero-order chi connectivity index (χ0) is 15.4. The molecule has 0 aromatic heterocycles. The third-order valence-corrected chi connectivity index (χ3v) is 4.10. The van der Waals surface area contributed by atoms with E-state index in [9.17, 15) is 4.79 Å². The van der Waals surface area contributed by atoms with Crippen molar-refractivity contribution in [3.8, 4) is 5.75 Å². The number of carbonyl (C=O) groups excluding carboxylic acids is 1. The highest BCUT2D eigenvalue weighted by Crippen LogP contribution is 2.31. The highest BCUT2D eigenvalue weighted by Gasteiger charge is 2.22. The first kappa shape index (κ1) is 14.9. The molecular weight excluding hydrogens is 298 g/mol. The van der Waals surface area contributed by atoms with Crippen molar-refractivity contribution in [3.05, 3.63) is 64.7 Å². The van der Waals surface area contributed by atoms with Gasteiger partial charge in [-0.2, -0.15) is 0 Å². The SMILES string of the molecule is O=C(CCc1ccc(Cl)cc1)NC1CCOc2ccccc21. The summed E-state index contributed by atoms with van der Waals surface area (Å²) in [5.41, 5.74) is 2.18. The van der Waals surface area contributed by atoms with Crippen molar-refractivity contribution in [1.82, 2.24) is 5.32 Å². The van der Waals surface area contributed by atoms with Gasteiger partial charge in [-0.3, -0.25) is 4.79 Å². The van der Waals surface area contributed by atoms with E-state index in [2.05, 4.69) is 5.32 Å². The number of para-hydroxylation sites is 1. The maximum atomic E-state index is 12.2. The van der Waals surface area contributed by atoms with Gasteiger partial charge in [0.2, 0.25) is 5.91 Å². The van der Waals surface area contributed by atoms with E-state index in [0.717, 1.165) is 23.3 Å². The molecule has 1 heterocycles. The van der Waals surface area contributed by atoms with Gasteiger partial charge in [-0.25, -0.2) is 0 Å². The minimum Gasteiger partial charge on any atom is -0.493 e. The molecule has 2 aromatic carbocycles. The summed E-state index contributed by atoms with van der Waals surface area (Å²) < 4.78 is 5.61. The first-order valence-corrected chi connectivity index (χ1v) is 7.86. The van der Waals surface area contributed by atoms with Crippen LogP contribution in [0.5, 0.6) is 5.75 Å². The second-order valence-corrected chi connectivity index (χ2v) is 5.86. The van der Waals surface area contributed by atoms with Crippen molar-refractivity contribution in [2.75, 3.05) is 6.61 Å².